The summed E-state index contributed by atoms with van der Waals surface area (Å²) < 4.78 is 33.6. The number of furan rings is 1. The number of carbonyl (C=O) groups excluding carboxylic acids is 1. The molecule has 1 N–H and O–H groups in total. The van der Waals surface area contributed by atoms with Gasteiger partial charge in [-0.3, -0.25) is 4.79 Å². The number of aryl methyl sites for hydroxylation is 1. The average molecular weight is 431 g/mol. The van der Waals surface area contributed by atoms with Crippen LogP contribution in [-0.4, -0.2) is 38.4 Å². The summed E-state index contributed by atoms with van der Waals surface area (Å²) in [6.45, 7) is 4.22. The van der Waals surface area contributed by atoms with E-state index >= 15 is 0 Å². The van der Waals surface area contributed by atoms with Crippen molar-refractivity contribution in [3.8, 4) is 0 Å². The second-order valence-electron chi connectivity index (χ2n) is 6.61. The number of benzene rings is 1. The number of nitrogens with one attached hydrogen (secondary N) is 1. The summed E-state index contributed by atoms with van der Waals surface area (Å²) >= 11 is 12.4. The van der Waals surface area contributed by atoms with E-state index in [1.165, 1.54) is 6.26 Å². The minimum atomic E-state index is -3.84. The van der Waals surface area contributed by atoms with E-state index in [9.17, 15) is 13.2 Å². The van der Waals surface area contributed by atoms with E-state index in [4.69, 9.17) is 27.6 Å². The Hall–Kier alpha value is -1.54. The lowest BCUT2D eigenvalue weighted by Gasteiger charge is -2.32. The summed E-state index contributed by atoms with van der Waals surface area (Å²) in [7, 11) is -3.84. The van der Waals surface area contributed by atoms with E-state index in [1.807, 2.05) is 0 Å². The molecule has 1 aliphatic heterocycles. The molecule has 1 aliphatic rings. The number of carbonyl (C=O) groups is 1. The minimum Gasteiger partial charge on any atom is -0.459 e. The Kier molecular flexibility index (Phi) is 5.86. The topological polar surface area (TPSA) is 79.6 Å². The third-order valence-electron chi connectivity index (χ3n) is 4.69. The molecule has 2 aromatic rings. The summed E-state index contributed by atoms with van der Waals surface area (Å²) in [6, 6.07) is 4.64. The van der Waals surface area contributed by atoms with Gasteiger partial charge < -0.3 is 9.32 Å². The number of sulfonamides is 1. The lowest BCUT2D eigenvalue weighted by atomic mass is 10.1. The predicted molar refractivity (Wildman–Crippen MR) is 104 cm³/mol. The standard InChI is InChI=1S/C18H20Cl2N2O4S/c1-11-10-14(19)12(2)17(16(11)20)27(24,25)21-13-5-7-22(8-6-13)18(23)15-4-3-9-26-15/h3-4,9-10,13,21H,5-8H2,1-2H3. The number of amides is 1. The van der Waals surface area contributed by atoms with Gasteiger partial charge in [0.05, 0.1) is 11.3 Å². The molecular formula is C18H20Cl2N2O4S. The molecule has 0 bridgehead atoms. The summed E-state index contributed by atoms with van der Waals surface area (Å²) in [5, 5.41) is 0.533. The first-order valence-electron chi connectivity index (χ1n) is 8.51. The molecule has 6 nitrogen and oxygen atoms in total. The Labute approximate surface area is 168 Å². The maximum atomic E-state index is 12.9. The van der Waals surface area contributed by atoms with Gasteiger partial charge >= 0.3 is 0 Å². The Balaban J connectivity index is 1.71. The fourth-order valence-corrected chi connectivity index (χ4v) is 5.69. The molecule has 0 unspecified atom stereocenters. The smallest absolute Gasteiger partial charge is 0.289 e. The van der Waals surface area contributed by atoms with E-state index in [0.29, 0.717) is 42.1 Å². The van der Waals surface area contributed by atoms with Gasteiger partial charge in [0, 0.05) is 24.2 Å². The zero-order chi connectivity index (χ0) is 19.8. The van der Waals surface area contributed by atoms with Crippen LogP contribution in [0.15, 0.2) is 33.8 Å². The van der Waals surface area contributed by atoms with Crippen LogP contribution >= 0.6 is 23.2 Å². The van der Waals surface area contributed by atoms with Gasteiger partial charge in [-0.2, -0.15) is 0 Å². The highest BCUT2D eigenvalue weighted by atomic mass is 35.5. The highest BCUT2D eigenvalue weighted by Gasteiger charge is 2.30. The second-order valence-corrected chi connectivity index (χ2v) is 9.04. The van der Waals surface area contributed by atoms with Crippen molar-refractivity contribution in [2.45, 2.75) is 37.6 Å². The Morgan fingerprint density at radius 1 is 1.26 bits per heavy atom. The quantitative estimate of drug-likeness (QED) is 0.799. The fraction of sp³-hybridized carbons (Fsp3) is 0.389. The average Bonchev–Trinajstić information content (AvgIpc) is 3.14. The van der Waals surface area contributed by atoms with Gasteiger partial charge in [0.2, 0.25) is 10.0 Å². The molecule has 27 heavy (non-hydrogen) atoms. The van der Waals surface area contributed by atoms with Crippen LogP contribution in [0.5, 0.6) is 0 Å². The predicted octanol–water partition coefficient (Wildman–Crippen LogP) is 3.79. The zero-order valence-corrected chi connectivity index (χ0v) is 17.3. The van der Waals surface area contributed by atoms with Crippen LogP contribution in [0.3, 0.4) is 0 Å². The Bertz CT molecular complexity index is 924. The van der Waals surface area contributed by atoms with E-state index in [2.05, 4.69) is 4.72 Å². The van der Waals surface area contributed by atoms with Crippen molar-refractivity contribution in [2.24, 2.45) is 0 Å². The largest absolute Gasteiger partial charge is 0.459 e. The van der Waals surface area contributed by atoms with Crippen molar-refractivity contribution in [2.75, 3.05) is 13.1 Å². The molecule has 146 valence electrons. The zero-order valence-electron chi connectivity index (χ0n) is 15.0. The molecule has 3 rings (SSSR count). The van der Waals surface area contributed by atoms with E-state index in [1.54, 1.807) is 36.9 Å². The molecule has 9 heteroatoms. The summed E-state index contributed by atoms with van der Waals surface area (Å²) in [5.74, 6) is 0.0940. The first-order valence-corrected chi connectivity index (χ1v) is 10.7. The van der Waals surface area contributed by atoms with Crippen molar-refractivity contribution < 1.29 is 17.6 Å². The van der Waals surface area contributed by atoms with Crippen LogP contribution in [0, 0.1) is 13.8 Å². The highest BCUT2D eigenvalue weighted by Crippen LogP contribution is 2.33. The maximum absolute atomic E-state index is 12.9. The fourth-order valence-electron chi connectivity index (χ4n) is 3.17. The monoisotopic (exact) mass is 430 g/mol. The molecule has 1 amide bonds. The van der Waals surface area contributed by atoms with Crippen molar-refractivity contribution in [1.29, 1.82) is 0 Å². The van der Waals surface area contributed by atoms with Crippen LogP contribution in [0.25, 0.3) is 0 Å². The molecule has 0 radical (unpaired) electrons. The van der Waals surface area contributed by atoms with Crippen molar-refractivity contribution in [3.05, 3.63) is 51.4 Å². The number of nitrogens with zero attached hydrogens (tertiary/aromatic N) is 1. The first kappa shape index (κ1) is 20.2. The lowest BCUT2D eigenvalue weighted by Crippen LogP contribution is -2.46. The van der Waals surface area contributed by atoms with E-state index in [0.717, 1.165) is 0 Å². The van der Waals surface area contributed by atoms with Crippen LogP contribution in [0.4, 0.5) is 0 Å². The third-order valence-corrected chi connectivity index (χ3v) is 7.38. The molecule has 1 fully saturated rings. The van der Waals surface area contributed by atoms with Gasteiger partial charge in [-0.1, -0.05) is 23.2 Å². The van der Waals surface area contributed by atoms with Crippen LogP contribution in [-0.2, 0) is 10.0 Å². The van der Waals surface area contributed by atoms with E-state index < -0.39 is 10.0 Å². The molecular weight excluding hydrogens is 411 g/mol. The van der Waals surface area contributed by atoms with Gasteiger partial charge in [0.25, 0.3) is 5.91 Å². The maximum Gasteiger partial charge on any atom is 0.289 e. The van der Waals surface area contributed by atoms with Gasteiger partial charge in [0.1, 0.15) is 4.90 Å². The van der Waals surface area contributed by atoms with Gasteiger partial charge in [-0.25, -0.2) is 13.1 Å². The normalized spacial score (nSPS) is 15.9. The number of rotatable bonds is 4. The number of halogens is 2. The van der Waals surface area contributed by atoms with Crippen LogP contribution < -0.4 is 4.72 Å². The summed E-state index contributed by atoms with van der Waals surface area (Å²) in [5.41, 5.74) is 1.02. The molecule has 1 saturated heterocycles. The van der Waals surface area contributed by atoms with Crippen molar-refractivity contribution >= 4 is 39.1 Å². The van der Waals surface area contributed by atoms with Crippen LogP contribution in [0.2, 0.25) is 10.0 Å². The molecule has 0 spiro atoms. The van der Waals surface area contributed by atoms with Crippen LogP contribution in [0.1, 0.15) is 34.5 Å². The minimum absolute atomic E-state index is 0.0169. The molecule has 1 aromatic carbocycles. The number of piperidine rings is 1. The van der Waals surface area contributed by atoms with Gasteiger partial charge in [0.15, 0.2) is 5.76 Å². The molecule has 2 heterocycles. The van der Waals surface area contributed by atoms with E-state index in [-0.39, 0.29) is 27.6 Å². The molecule has 1 aromatic heterocycles. The number of likely N-dealkylation sites (tertiary alicyclic amines) is 1. The molecule has 0 atom stereocenters. The van der Waals surface area contributed by atoms with Crippen molar-refractivity contribution in [1.82, 2.24) is 9.62 Å². The molecule has 0 saturated carbocycles. The van der Waals surface area contributed by atoms with Gasteiger partial charge in [-0.15, -0.1) is 0 Å². The third kappa shape index (κ3) is 4.16. The summed E-state index contributed by atoms with van der Waals surface area (Å²) in [4.78, 5) is 14.0. The Morgan fingerprint density at radius 3 is 2.52 bits per heavy atom. The number of hydrogen-bond donors (Lipinski definition) is 1. The van der Waals surface area contributed by atoms with Crippen molar-refractivity contribution in [3.63, 3.8) is 0 Å². The SMILES string of the molecule is Cc1cc(Cl)c(C)c(S(=O)(=O)NC2CCN(C(=O)c3ccco3)CC2)c1Cl. The molecule has 0 aliphatic carbocycles. The lowest BCUT2D eigenvalue weighted by molar-refractivity contribution is 0.0679. The highest BCUT2D eigenvalue weighted by molar-refractivity contribution is 7.89. The first-order chi connectivity index (χ1) is 12.7. The summed E-state index contributed by atoms with van der Waals surface area (Å²) in [6.07, 6.45) is 2.46. The van der Waals surface area contributed by atoms with Gasteiger partial charge in [-0.05, 0) is 56.0 Å². The second kappa shape index (κ2) is 7.83. The number of hydrogen-bond acceptors (Lipinski definition) is 4. The Morgan fingerprint density at radius 2 is 1.93 bits per heavy atom.